The van der Waals surface area contributed by atoms with Gasteiger partial charge in [-0.3, -0.25) is 4.79 Å². The predicted octanol–water partition coefficient (Wildman–Crippen LogP) is 3.85. The number of aliphatic hydroxyl groups is 1. The molecule has 0 aromatic carbocycles. The molecule has 0 bridgehead atoms. The van der Waals surface area contributed by atoms with E-state index in [1.807, 2.05) is 6.92 Å². The Kier molecular flexibility index (Phi) is 5.38. The fourth-order valence-electron chi connectivity index (χ4n) is 4.21. The molecule has 150 valence electrons. The van der Waals surface area contributed by atoms with Gasteiger partial charge in [-0.1, -0.05) is 13.3 Å². The first kappa shape index (κ1) is 19.9. The number of aromatic nitrogens is 1. The van der Waals surface area contributed by atoms with Crippen molar-refractivity contribution in [3.63, 3.8) is 0 Å². The summed E-state index contributed by atoms with van der Waals surface area (Å²) in [6.45, 7) is 1.20. The van der Waals surface area contributed by atoms with Gasteiger partial charge in [0.1, 0.15) is 0 Å². The Morgan fingerprint density at radius 2 is 1.93 bits per heavy atom. The van der Waals surface area contributed by atoms with E-state index < -0.39 is 23.8 Å². The number of halogens is 3. The van der Waals surface area contributed by atoms with Crippen molar-refractivity contribution in [2.24, 2.45) is 5.41 Å². The zero-order valence-electron chi connectivity index (χ0n) is 15.4. The second kappa shape index (κ2) is 7.30. The zero-order chi connectivity index (χ0) is 19.7. The van der Waals surface area contributed by atoms with Crippen LogP contribution in [-0.2, 0) is 4.79 Å². The van der Waals surface area contributed by atoms with Crippen LogP contribution in [0.15, 0.2) is 18.3 Å². The van der Waals surface area contributed by atoms with Gasteiger partial charge in [0.2, 0.25) is 11.8 Å². The van der Waals surface area contributed by atoms with Crippen molar-refractivity contribution in [1.82, 2.24) is 4.98 Å². The Hall–Kier alpha value is -1.83. The van der Waals surface area contributed by atoms with Crippen LogP contribution in [-0.4, -0.2) is 40.9 Å². The maximum absolute atomic E-state index is 13.0. The lowest BCUT2D eigenvalue weighted by molar-refractivity contribution is -0.154. The normalized spacial score (nSPS) is 28.8. The molecule has 3 rings (SSSR count). The number of amides is 1. The van der Waals surface area contributed by atoms with Gasteiger partial charge in [-0.25, -0.2) is 4.98 Å². The first-order valence-electron chi connectivity index (χ1n) is 9.36. The Bertz CT molecular complexity index is 668. The highest BCUT2D eigenvalue weighted by Crippen LogP contribution is 2.49. The largest absolute Gasteiger partial charge is 0.468 e. The molecule has 2 aliphatic rings. The van der Waals surface area contributed by atoms with Crippen LogP contribution >= 0.6 is 0 Å². The molecule has 5 nitrogen and oxygen atoms in total. The SMILES string of the molecule is CCC[C@]1(O)CC[C@]2(CCN(c3ccc(OCC(F)(F)F)nc3)C2=O)CC1. The highest BCUT2D eigenvalue weighted by molar-refractivity contribution is 5.99. The molecule has 2 fully saturated rings. The van der Waals surface area contributed by atoms with Crippen LogP contribution in [0.2, 0.25) is 0 Å². The van der Waals surface area contributed by atoms with E-state index in [4.69, 9.17) is 0 Å². The predicted molar refractivity (Wildman–Crippen MR) is 93.5 cm³/mol. The van der Waals surface area contributed by atoms with Crippen LogP contribution in [0.5, 0.6) is 5.88 Å². The van der Waals surface area contributed by atoms with Gasteiger partial charge >= 0.3 is 6.18 Å². The van der Waals surface area contributed by atoms with E-state index in [1.54, 1.807) is 11.0 Å². The fraction of sp³-hybridized carbons (Fsp3) is 0.684. The van der Waals surface area contributed by atoms with Gasteiger partial charge in [0.25, 0.3) is 0 Å². The number of hydrogen-bond acceptors (Lipinski definition) is 4. The lowest BCUT2D eigenvalue weighted by Crippen LogP contribution is -2.43. The van der Waals surface area contributed by atoms with Crippen LogP contribution in [0.25, 0.3) is 0 Å². The quantitative estimate of drug-likeness (QED) is 0.835. The molecule has 0 unspecified atom stereocenters. The van der Waals surface area contributed by atoms with Gasteiger partial charge in [-0.05, 0) is 44.6 Å². The maximum Gasteiger partial charge on any atom is 0.422 e. The van der Waals surface area contributed by atoms with Crippen LogP contribution in [0, 0.1) is 5.41 Å². The van der Waals surface area contributed by atoms with Gasteiger partial charge in [0, 0.05) is 12.6 Å². The number of hydrogen-bond donors (Lipinski definition) is 1. The summed E-state index contributed by atoms with van der Waals surface area (Å²) < 4.78 is 41.2. The van der Waals surface area contributed by atoms with E-state index in [2.05, 4.69) is 9.72 Å². The number of pyridine rings is 1. The summed E-state index contributed by atoms with van der Waals surface area (Å²) in [5.41, 5.74) is -0.538. The highest BCUT2D eigenvalue weighted by atomic mass is 19.4. The summed E-state index contributed by atoms with van der Waals surface area (Å²) in [5.74, 6) is -0.105. The first-order chi connectivity index (χ1) is 12.7. The monoisotopic (exact) mass is 386 g/mol. The number of carbonyl (C=O) groups is 1. The lowest BCUT2D eigenvalue weighted by Gasteiger charge is -2.40. The zero-order valence-corrected chi connectivity index (χ0v) is 15.4. The molecule has 1 aromatic heterocycles. The van der Waals surface area contributed by atoms with Crippen molar-refractivity contribution in [2.75, 3.05) is 18.1 Å². The molecule has 1 aliphatic heterocycles. The molecule has 1 saturated carbocycles. The van der Waals surface area contributed by atoms with Crippen molar-refractivity contribution in [3.8, 4) is 5.88 Å². The van der Waals surface area contributed by atoms with Crippen LogP contribution in [0.1, 0.15) is 51.9 Å². The number of nitrogens with zero attached hydrogens (tertiary/aromatic N) is 2. The van der Waals surface area contributed by atoms with E-state index in [9.17, 15) is 23.1 Å². The smallest absolute Gasteiger partial charge is 0.422 e. The van der Waals surface area contributed by atoms with Crippen LogP contribution in [0.4, 0.5) is 18.9 Å². The van der Waals surface area contributed by atoms with E-state index in [1.165, 1.54) is 12.3 Å². The highest BCUT2D eigenvalue weighted by Gasteiger charge is 2.51. The molecule has 0 radical (unpaired) electrons. The fourth-order valence-corrected chi connectivity index (χ4v) is 4.21. The summed E-state index contributed by atoms with van der Waals surface area (Å²) in [6, 6.07) is 2.91. The van der Waals surface area contributed by atoms with Crippen molar-refractivity contribution in [3.05, 3.63) is 18.3 Å². The number of carbonyl (C=O) groups excluding carboxylic acids is 1. The molecule has 8 heteroatoms. The average molecular weight is 386 g/mol. The van der Waals surface area contributed by atoms with Crippen molar-refractivity contribution in [1.29, 1.82) is 0 Å². The average Bonchev–Trinajstić information content (AvgIpc) is 2.93. The van der Waals surface area contributed by atoms with Crippen LogP contribution < -0.4 is 9.64 Å². The Balaban J connectivity index is 1.64. The molecule has 1 aliphatic carbocycles. The van der Waals surface area contributed by atoms with Gasteiger partial charge in [-0.15, -0.1) is 0 Å². The second-order valence-electron chi connectivity index (χ2n) is 7.72. The Labute approximate surface area is 156 Å². The minimum atomic E-state index is -4.42. The topological polar surface area (TPSA) is 62.7 Å². The van der Waals surface area contributed by atoms with E-state index in [0.717, 1.165) is 19.3 Å². The Morgan fingerprint density at radius 3 is 2.48 bits per heavy atom. The molecule has 1 N–H and O–H groups in total. The lowest BCUT2D eigenvalue weighted by atomic mass is 9.67. The van der Waals surface area contributed by atoms with E-state index in [-0.39, 0.29) is 11.8 Å². The summed E-state index contributed by atoms with van der Waals surface area (Å²) in [7, 11) is 0. The number of rotatable bonds is 5. The third-order valence-electron chi connectivity index (χ3n) is 5.78. The number of ether oxygens (including phenoxy) is 1. The molecule has 27 heavy (non-hydrogen) atoms. The molecule has 1 aromatic rings. The minimum Gasteiger partial charge on any atom is -0.468 e. The molecule has 1 spiro atoms. The van der Waals surface area contributed by atoms with Gasteiger partial charge in [0.05, 0.1) is 22.9 Å². The molecular weight excluding hydrogens is 361 g/mol. The number of alkyl halides is 3. The molecular formula is C19H25F3N2O3. The van der Waals surface area contributed by atoms with Crippen molar-refractivity contribution in [2.45, 2.75) is 63.6 Å². The molecule has 0 atom stereocenters. The first-order valence-corrected chi connectivity index (χ1v) is 9.36. The molecule has 1 amide bonds. The molecule has 2 heterocycles. The summed E-state index contributed by atoms with van der Waals surface area (Å²) in [4.78, 5) is 18.6. The van der Waals surface area contributed by atoms with Crippen LogP contribution in [0.3, 0.4) is 0 Å². The minimum absolute atomic E-state index is 0.0202. The third-order valence-corrected chi connectivity index (χ3v) is 5.78. The summed E-state index contributed by atoms with van der Waals surface area (Å²) >= 11 is 0. The van der Waals surface area contributed by atoms with E-state index >= 15 is 0 Å². The van der Waals surface area contributed by atoms with Gasteiger partial charge in [0.15, 0.2) is 6.61 Å². The maximum atomic E-state index is 13.0. The van der Waals surface area contributed by atoms with Gasteiger partial charge < -0.3 is 14.7 Å². The second-order valence-corrected chi connectivity index (χ2v) is 7.72. The van der Waals surface area contributed by atoms with E-state index in [0.29, 0.717) is 37.9 Å². The standard InChI is InChI=1S/C19H25F3N2O3/c1-2-5-18(26)8-6-17(7-9-18)10-11-24(16(17)25)14-3-4-15(23-12-14)27-13-19(20,21)22/h3-4,12,26H,2,5-11,13H2,1H3/t17-,18+. The summed E-state index contributed by atoms with van der Waals surface area (Å²) in [6.07, 6.45) is 1.93. The third kappa shape index (κ3) is 4.36. The van der Waals surface area contributed by atoms with Crippen molar-refractivity contribution >= 4 is 11.6 Å². The number of anilines is 1. The summed E-state index contributed by atoms with van der Waals surface area (Å²) in [5, 5.41) is 10.6. The molecule has 1 saturated heterocycles. The van der Waals surface area contributed by atoms with Crippen molar-refractivity contribution < 1.29 is 27.8 Å². The Morgan fingerprint density at radius 1 is 1.22 bits per heavy atom. The van der Waals surface area contributed by atoms with Gasteiger partial charge in [-0.2, -0.15) is 13.2 Å².